The Morgan fingerprint density at radius 3 is 2.50 bits per heavy atom. The summed E-state index contributed by atoms with van der Waals surface area (Å²) in [5.41, 5.74) is 0.950. The van der Waals surface area contributed by atoms with Crippen LogP contribution in [0.3, 0.4) is 0 Å². The van der Waals surface area contributed by atoms with Crippen LogP contribution in [0.4, 0.5) is 0 Å². The molecule has 0 bridgehead atoms. The van der Waals surface area contributed by atoms with Crippen molar-refractivity contribution in [2.45, 2.75) is 33.1 Å². The van der Waals surface area contributed by atoms with Crippen LogP contribution in [0.5, 0.6) is 5.75 Å². The summed E-state index contributed by atoms with van der Waals surface area (Å²) >= 11 is 3.38. The molecule has 3 nitrogen and oxygen atoms in total. The van der Waals surface area contributed by atoms with Gasteiger partial charge >= 0.3 is 0 Å². The summed E-state index contributed by atoms with van der Waals surface area (Å²) < 4.78 is 6.26. The van der Waals surface area contributed by atoms with Crippen LogP contribution in [0.25, 0.3) is 0 Å². The van der Waals surface area contributed by atoms with E-state index in [-0.39, 0.29) is 12.5 Å². The largest absolute Gasteiger partial charge is 0.478 e. The van der Waals surface area contributed by atoms with Crippen LogP contribution in [0, 0.1) is 22.7 Å². The highest BCUT2D eigenvalue weighted by Gasteiger charge is 2.12. The number of rotatable bonds is 4. The Labute approximate surface area is 117 Å². The van der Waals surface area contributed by atoms with E-state index < -0.39 is 0 Å². The van der Waals surface area contributed by atoms with Gasteiger partial charge in [0.05, 0.1) is 6.07 Å². The van der Waals surface area contributed by atoms with Crippen molar-refractivity contribution in [3.8, 4) is 17.9 Å². The summed E-state index contributed by atoms with van der Waals surface area (Å²) in [6.07, 6.45) is 0.430. The molecule has 1 aromatic carbocycles. The van der Waals surface area contributed by atoms with Crippen molar-refractivity contribution < 1.29 is 4.74 Å². The number of benzene rings is 1. The minimum atomic E-state index is 0.0217. The maximum atomic E-state index is 8.68. The van der Waals surface area contributed by atoms with Crippen molar-refractivity contribution in [1.29, 1.82) is 10.5 Å². The molecular weight excluding hydrogens is 292 g/mol. The third kappa shape index (κ3) is 5.21. The van der Waals surface area contributed by atoms with Gasteiger partial charge in [-0.05, 0) is 29.7 Å². The average Bonchev–Trinajstić information content (AvgIpc) is 2.40. The molecule has 0 aromatic heterocycles. The molecule has 0 spiro atoms. The van der Waals surface area contributed by atoms with Crippen LogP contribution in [0.2, 0.25) is 0 Å². The zero-order valence-corrected chi connectivity index (χ0v) is 12.5. The van der Waals surface area contributed by atoms with Crippen LogP contribution in [0.15, 0.2) is 22.7 Å². The minimum absolute atomic E-state index is 0.0217. The van der Waals surface area contributed by atoms with Crippen molar-refractivity contribution in [2.24, 2.45) is 0 Å². The van der Waals surface area contributed by atoms with Crippen LogP contribution in [0.1, 0.15) is 38.7 Å². The predicted octanol–water partition coefficient (Wildman–Crippen LogP) is 4.39. The summed E-state index contributed by atoms with van der Waals surface area (Å²) in [5.74, 6) is 0.767. The van der Waals surface area contributed by atoms with Crippen molar-refractivity contribution in [3.63, 3.8) is 0 Å². The Kier molecular flexibility index (Phi) is 8.70. The Morgan fingerprint density at radius 2 is 1.94 bits per heavy atom. The third-order valence-corrected chi connectivity index (χ3v) is 2.69. The van der Waals surface area contributed by atoms with Crippen LogP contribution < -0.4 is 4.74 Å². The molecule has 0 saturated carbocycles. The van der Waals surface area contributed by atoms with E-state index in [2.05, 4.69) is 22.0 Å². The Bertz CT molecular complexity index is 446. The Hall–Kier alpha value is -1.52. The topological polar surface area (TPSA) is 56.8 Å². The molecule has 1 atom stereocenters. The quantitative estimate of drug-likeness (QED) is 0.828. The SMILES string of the molecule is CC.CC(CC#N)c1cc(Br)ccc1OCC#N. The van der Waals surface area contributed by atoms with Gasteiger partial charge in [-0.1, -0.05) is 36.7 Å². The molecule has 0 aliphatic carbocycles. The molecule has 1 aromatic rings. The van der Waals surface area contributed by atoms with Gasteiger partial charge < -0.3 is 4.74 Å². The van der Waals surface area contributed by atoms with Gasteiger partial charge in [-0.25, -0.2) is 0 Å². The molecule has 0 saturated heterocycles. The van der Waals surface area contributed by atoms with Gasteiger partial charge in [0, 0.05) is 10.9 Å². The first-order valence-corrected chi connectivity index (χ1v) is 6.64. The lowest BCUT2D eigenvalue weighted by atomic mass is 9.97. The highest BCUT2D eigenvalue weighted by atomic mass is 79.9. The second-order valence-electron chi connectivity index (χ2n) is 3.39. The second-order valence-corrected chi connectivity index (χ2v) is 4.31. The molecule has 0 aliphatic rings. The molecule has 0 amide bonds. The van der Waals surface area contributed by atoms with Gasteiger partial charge in [-0.2, -0.15) is 10.5 Å². The smallest absolute Gasteiger partial charge is 0.174 e. The van der Waals surface area contributed by atoms with E-state index in [4.69, 9.17) is 15.3 Å². The van der Waals surface area contributed by atoms with Gasteiger partial charge in [0.25, 0.3) is 0 Å². The van der Waals surface area contributed by atoms with Crippen molar-refractivity contribution in [2.75, 3.05) is 6.61 Å². The van der Waals surface area contributed by atoms with E-state index in [0.29, 0.717) is 12.2 Å². The maximum Gasteiger partial charge on any atom is 0.174 e. The molecule has 0 N–H and O–H groups in total. The van der Waals surface area contributed by atoms with Crippen molar-refractivity contribution in [1.82, 2.24) is 0 Å². The normalized spacial score (nSPS) is 10.3. The lowest BCUT2D eigenvalue weighted by molar-refractivity contribution is 0.361. The van der Waals surface area contributed by atoms with E-state index >= 15 is 0 Å². The molecule has 1 rings (SSSR count). The summed E-state index contributed by atoms with van der Waals surface area (Å²) in [4.78, 5) is 0. The first-order chi connectivity index (χ1) is 8.69. The molecule has 18 heavy (non-hydrogen) atoms. The number of hydrogen-bond acceptors (Lipinski definition) is 3. The van der Waals surface area contributed by atoms with Gasteiger partial charge in [0.2, 0.25) is 0 Å². The van der Waals surface area contributed by atoms with E-state index in [1.54, 1.807) is 0 Å². The highest BCUT2D eigenvalue weighted by Crippen LogP contribution is 2.31. The number of nitriles is 2. The fourth-order valence-electron chi connectivity index (χ4n) is 1.39. The fraction of sp³-hybridized carbons (Fsp3) is 0.429. The van der Waals surface area contributed by atoms with E-state index in [0.717, 1.165) is 10.0 Å². The predicted molar refractivity (Wildman–Crippen MR) is 75.2 cm³/mol. The Morgan fingerprint density at radius 1 is 1.28 bits per heavy atom. The first-order valence-electron chi connectivity index (χ1n) is 5.85. The van der Waals surface area contributed by atoms with Crippen molar-refractivity contribution >= 4 is 15.9 Å². The summed E-state index contributed by atoms with van der Waals surface area (Å²) in [6, 6.07) is 9.65. The number of ether oxygens (including phenoxy) is 1. The van der Waals surface area contributed by atoms with E-state index in [9.17, 15) is 0 Å². The van der Waals surface area contributed by atoms with Crippen LogP contribution in [-0.2, 0) is 0 Å². The molecule has 0 heterocycles. The zero-order chi connectivity index (χ0) is 14.0. The van der Waals surface area contributed by atoms with Gasteiger partial charge in [0.15, 0.2) is 6.61 Å². The Balaban J connectivity index is 0.00000137. The molecule has 96 valence electrons. The maximum absolute atomic E-state index is 8.68. The number of nitrogens with zero attached hydrogens (tertiary/aromatic N) is 2. The summed E-state index contributed by atoms with van der Waals surface area (Å²) in [6.45, 7) is 5.98. The second kappa shape index (κ2) is 9.50. The van der Waals surface area contributed by atoms with Gasteiger partial charge in [-0.3, -0.25) is 0 Å². The van der Waals surface area contributed by atoms with Gasteiger partial charge in [-0.15, -0.1) is 0 Å². The molecule has 4 heteroatoms. The number of hydrogen-bond donors (Lipinski definition) is 0. The summed E-state index contributed by atoms with van der Waals surface area (Å²) in [7, 11) is 0. The minimum Gasteiger partial charge on any atom is -0.478 e. The monoisotopic (exact) mass is 308 g/mol. The number of halogens is 1. The highest BCUT2D eigenvalue weighted by molar-refractivity contribution is 9.10. The standard InChI is InChI=1S/C12H11BrN2O.C2H6/c1-9(4-5-14)11-8-10(13)2-3-12(11)16-7-6-15;1-2/h2-3,8-9H,4,7H2,1H3;1-2H3. The van der Waals surface area contributed by atoms with E-state index in [1.807, 2.05) is 45.0 Å². The average molecular weight is 309 g/mol. The molecule has 0 fully saturated rings. The fourth-order valence-corrected chi connectivity index (χ4v) is 1.77. The van der Waals surface area contributed by atoms with Crippen molar-refractivity contribution in [3.05, 3.63) is 28.2 Å². The lowest BCUT2D eigenvalue weighted by Gasteiger charge is -2.13. The summed E-state index contributed by atoms with van der Waals surface area (Å²) in [5, 5.41) is 17.2. The molecular formula is C14H17BrN2O. The van der Waals surface area contributed by atoms with E-state index in [1.165, 1.54) is 0 Å². The lowest BCUT2D eigenvalue weighted by Crippen LogP contribution is -2.01. The van der Waals surface area contributed by atoms with Gasteiger partial charge in [0.1, 0.15) is 11.8 Å². The van der Waals surface area contributed by atoms with Crippen LogP contribution in [-0.4, -0.2) is 6.61 Å². The molecule has 0 aliphatic heterocycles. The molecule has 0 radical (unpaired) electrons. The zero-order valence-electron chi connectivity index (χ0n) is 10.9. The van der Waals surface area contributed by atoms with Crippen LogP contribution >= 0.6 is 15.9 Å². The first kappa shape index (κ1) is 16.5. The third-order valence-electron chi connectivity index (χ3n) is 2.19. The molecule has 1 unspecified atom stereocenters.